The number of aliphatic carboxylic acids is 1. The summed E-state index contributed by atoms with van der Waals surface area (Å²) in [5, 5.41) is 30.4. The molecule has 1 aromatic rings. The lowest BCUT2D eigenvalue weighted by Crippen LogP contribution is -2.35. The molecular weight excluding hydrogens is 270 g/mol. The Hall–Kier alpha value is -2.55. The third-order valence-electron chi connectivity index (χ3n) is 2.91. The molecule has 0 saturated heterocycles. The van der Waals surface area contributed by atoms with E-state index in [1.54, 1.807) is 0 Å². The lowest BCUT2D eigenvalue weighted by atomic mass is 10.1. The molecule has 0 aliphatic rings. The van der Waals surface area contributed by atoms with Crippen molar-refractivity contribution in [1.82, 2.24) is 4.90 Å². The van der Waals surface area contributed by atoms with Crippen LogP contribution in [0.3, 0.4) is 0 Å². The number of non-ortho nitro benzene ring substituents is 1. The number of carboxylic acids is 1. The Labute approximate surface area is 113 Å². The molecule has 0 spiro atoms. The molecule has 0 aliphatic heterocycles. The number of benzene rings is 1. The lowest BCUT2D eigenvalue weighted by molar-refractivity contribution is -0.394. The standard InChI is InChI=1S/C11H13N3O6/c1-7(11(15)16)12(2)6-8-3-4-9(13(17)18)5-10(8)14(19)20/h3-5,7H,6H2,1-2H3,(H,15,16). The highest BCUT2D eigenvalue weighted by atomic mass is 16.6. The SMILES string of the molecule is CC(C(=O)O)N(C)Cc1ccc([N+](=O)[O-])cc1[N+](=O)[O-]. The Morgan fingerprint density at radius 3 is 2.40 bits per heavy atom. The van der Waals surface area contributed by atoms with Crippen LogP contribution >= 0.6 is 0 Å². The average molecular weight is 283 g/mol. The van der Waals surface area contributed by atoms with Crippen molar-refractivity contribution in [2.24, 2.45) is 0 Å². The lowest BCUT2D eigenvalue weighted by Gasteiger charge is -2.20. The minimum atomic E-state index is -1.06. The van der Waals surface area contributed by atoms with Crippen LogP contribution in [-0.2, 0) is 11.3 Å². The molecule has 1 aromatic carbocycles. The van der Waals surface area contributed by atoms with Crippen molar-refractivity contribution >= 4 is 17.3 Å². The van der Waals surface area contributed by atoms with Gasteiger partial charge in [0.15, 0.2) is 0 Å². The summed E-state index contributed by atoms with van der Waals surface area (Å²) in [6, 6.07) is 2.46. The molecule has 1 N–H and O–H groups in total. The second-order valence-electron chi connectivity index (χ2n) is 4.26. The van der Waals surface area contributed by atoms with Crippen LogP contribution in [-0.4, -0.2) is 38.9 Å². The van der Waals surface area contributed by atoms with Crippen LogP contribution in [0, 0.1) is 20.2 Å². The number of nitrogens with zero attached hydrogens (tertiary/aromatic N) is 3. The summed E-state index contributed by atoms with van der Waals surface area (Å²) in [7, 11) is 1.50. The average Bonchev–Trinajstić information content (AvgIpc) is 2.37. The van der Waals surface area contributed by atoms with Gasteiger partial charge in [-0.25, -0.2) is 0 Å². The number of carbonyl (C=O) groups is 1. The highest BCUT2D eigenvalue weighted by Gasteiger charge is 2.23. The van der Waals surface area contributed by atoms with Crippen LogP contribution in [0.2, 0.25) is 0 Å². The predicted molar refractivity (Wildman–Crippen MR) is 68.3 cm³/mol. The summed E-state index contributed by atoms with van der Waals surface area (Å²) in [5.41, 5.74) is -0.561. The number of hydrogen-bond acceptors (Lipinski definition) is 6. The van der Waals surface area contributed by atoms with Crippen molar-refractivity contribution in [1.29, 1.82) is 0 Å². The molecule has 9 nitrogen and oxygen atoms in total. The molecule has 0 aromatic heterocycles. The van der Waals surface area contributed by atoms with Crippen LogP contribution in [0.4, 0.5) is 11.4 Å². The number of nitro groups is 2. The van der Waals surface area contributed by atoms with Crippen LogP contribution < -0.4 is 0 Å². The van der Waals surface area contributed by atoms with Crippen molar-refractivity contribution in [3.05, 3.63) is 44.0 Å². The zero-order valence-electron chi connectivity index (χ0n) is 10.8. The summed E-state index contributed by atoms with van der Waals surface area (Å²) >= 11 is 0. The Kier molecular flexibility index (Phi) is 4.70. The molecule has 0 radical (unpaired) electrons. The highest BCUT2D eigenvalue weighted by molar-refractivity contribution is 5.72. The number of nitro benzene ring substituents is 2. The van der Waals surface area contributed by atoms with Crippen LogP contribution in [0.15, 0.2) is 18.2 Å². The Morgan fingerprint density at radius 2 is 1.95 bits per heavy atom. The molecule has 0 aliphatic carbocycles. The van der Waals surface area contributed by atoms with Crippen LogP contribution in [0.5, 0.6) is 0 Å². The van der Waals surface area contributed by atoms with E-state index in [0.717, 1.165) is 12.1 Å². The number of carboxylic acid groups (broad SMARTS) is 1. The van der Waals surface area contributed by atoms with Crippen molar-refractivity contribution < 1.29 is 19.7 Å². The minimum absolute atomic E-state index is 0.00176. The fourth-order valence-electron chi connectivity index (χ4n) is 1.56. The third-order valence-corrected chi connectivity index (χ3v) is 2.91. The zero-order chi connectivity index (χ0) is 15.4. The van der Waals surface area contributed by atoms with Gasteiger partial charge >= 0.3 is 5.97 Å². The van der Waals surface area contributed by atoms with Gasteiger partial charge in [-0.15, -0.1) is 0 Å². The van der Waals surface area contributed by atoms with E-state index in [0.29, 0.717) is 0 Å². The Morgan fingerprint density at radius 1 is 1.35 bits per heavy atom. The van der Waals surface area contributed by atoms with Gasteiger partial charge in [-0.3, -0.25) is 29.9 Å². The minimum Gasteiger partial charge on any atom is -0.480 e. The van der Waals surface area contributed by atoms with Crippen molar-refractivity contribution in [2.75, 3.05) is 7.05 Å². The maximum Gasteiger partial charge on any atom is 0.320 e. The second-order valence-corrected chi connectivity index (χ2v) is 4.26. The van der Waals surface area contributed by atoms with E-state index in [1.165, 1.54) is 24.9 Å². The smallest absolute Gasteiger partial charge is 0.320 e. The normalized spacial score (nSPS) is 12.2. The monoisotopic (exact) mass is 283 g/mol. The molecule has 0 saturated carbocycles. The zero-order valence-corrected chi connectivity index (χ0v) is 10.8. The summed E-state index contributed by atoms with van der Waals surface area (Å²) < 4.78 is 0. The van der Waals surface area contributed by atoms with Crippen molar-refractivity contribution in [3.8, 4) is 0 Å². The van der Waals surface area contributed by atoms with E-state index < -0.39 is 27.5 Å². The quantitative estimate of drug-likeness (QED) is 0.617. The molecule has 0 heterocycles. The maximum atomic E-state index is 10.9. The van der Waals surface area contributed by atoms with E-state index in [9.17, 15) is 25.0 Å². The molecule has 9 heteroatoms. The fourth-order valence-corrected chi connectivity index (χ4v) is 1.56. The summed E-state index contributed by atoms with van der Waals surface area (Å²) in [6.45, 7) is 1.45. The molecule has 0 fully saturated rings. The van der Waals surface area contributed by atoms with Gasteiger partial charge in [0.1, 0.15) is 6.04 Å². The predicted octanol–water partition coefficient (Wildman–Crippen LogP) is 1.41. The van der Waals surface area contributed by atoms with Crippen molar-refractivity contribution in [3.63, 3.8) is 0 Å². The van der Waals surface area contributed by atoms with E-state index in [2.05, 4.69) is 0 Å². The van der Waals surface area contributed by atoms with Gasteiger partial charge in [0.25, 0.3) is 11.4 Å². The van der Waals surface area contributed by atoms with Crippen LogP contribution in [0.25, 0.3) is 0 Å². The summed E-state index contributed by atoms with van der Waals surface area (Å²) in [5.74, 6) is -1.06. The Bertz CT molecular complexity index is 559. The fraction of sp³-hybridized carbons (Fsp3) is 0.364. The first-order chi connectivity index (χ1) is 9.23. The van der Waals surface area contributed by atoms with Gasteiger partial charge in [-0.1, -0.05) is 0 Å². The molecule has 20 heavy (non-hydrogen) atoms. The summed E-state index contributed by atoms with van der Waals surface area (Å²) in [6.07, 6.45) is 0. The van der Waals surface area contributed by atoms with Gasteiger partial charge in [0.05, 0.1) is 15.9 Å². The number of hydrogen-bond donors (Lipinski definition) is 1. The third kappa shape index (κ3) is 3.48. The van der Waals surface area contributed by atoms with Gasteiger partial charge in [0, 0.05) is 18.2 Å². The first-order valence-corrected chi connectivity index (χ1v) is 5.58. The Balaban J connectivity index is 3.09. The first-order valence-electron chi connectivity index (χ1n) is 5.58. The number of likely N-dealkylation sites (N-methyl/N-ethyl adjacent to an activating group) is 1. The largest absolute Gasteiger partial charge is 0.480 e. The van der Waals surface area contributed by atoms with Gasteiger partial charge < -0.3 is 5.11 Å². The van der Waals surface area contributed by atoms with Crippen molar-refractivity contribution in [2.45, 2.75) is 19.5 Å². The number of rotatable bonds is 6. The van der Waals surface area contributed by atoms with E-state index in [-0.39, 0.29) is 17.8 Å². The molecule has 0 bridgehead atoms. The van der Waals surface area contributed by atoms with Gasteiger partial charge in [-0.2, -0.15) is 0 Å². The van der Waals surface area contributed by atoms with E-state index in [1.807, 2.05) is 0 Å². The molecule has 108 valence electrons. The van der Waals surface area contributed by atoms with E-state index in [4.69, 9.17) is 5.11 Å². The maximum absolute atomic E-state index is 10.9. The molecule has 1 atom stereocenters. The van der Waals surface area contributed by atoms with Gasteiger partial charge in [0.2, 0.25) is 0 Å². The molecule has 1 rings (SSSR count). The molecule has 0 amide bonds. The molecular formula is C11H13N3O6. The van der Waals surface area contributed by atoms with E-state index >= 15 is 0 Å². The first kappa shape index (κ1) is 15.5. The summed E-state index contributed by atoms with van der Waals surface area (Å²) in [4.78, 5) is 32.3. The van der Waals surface area contributed by atoms with Crippen LogP contribution in [0.1, 0.15) is 12.5 Å². The molecule has 1 unspecified atom stereocenters. The van der Waals surface area contributed by atoms with Gasteiger partial charge in [-0.05, 0) is 20.0 Å². The highest BCUT2D eigenvalue weighted by Crippen LogP contribution is 2.25. The topological polar surface area (TPSA) is 127 Å². The second kappa shape index (κ2) is 6.06.